The summed E-state index contributed by atoms with van der Waals surface area (Å²) in [6.45, 7) is 6.71. The zero-order valence-electron chi connectivity index (χ0n) is 15.5. The van der Waals surface area contributed by atoms with Crippen LogP contribution in [0.1, 0.15) is 29.3 Å². The molecule has 0 aliphatic carbocycles. The average molecular weight is 370 g/mol. The van der Waals surface area contributed by atoms with Crippen molar-refractivity contribution in [1.29, 1.82) is 0 Å². The number of benzene rings is 1. The van der Waals surface area contributed by atoms with Crippen molar-refractivity contribution in [3.63, 3.8) is 0 Å². The number of para-hydroxylation sites is 1. The molecule has 3 aromatic rings. The molecular formula is C20H27N5S. The maximum absolute atomic E-state index is 4.68. The largest absolute Gasteiger partial charge is 0.361 e. The maximum atomic E-state index is 4.68. The van der Waals surface area contributed by atoms with Crippen LogP contribution in [0.25, 0.3) is 10.9 Å². The van der Waals surface area contributed by atoms with E-state index >= 15 is 0 Å². The molecule has 0 spiro atoms. The lowest BCUT2D eigenvalue weighted by Gasteiger charge is -2.10. The third-order valence-corrected chi connectivity index (χ3v) is 5.45. The van der Waals surface area contributed by atoms with Gasteiger partial charge >= 0.3 is 0 Å². The van der Waals surface area contributed by atoms with E-state index in [1.807, 2.05) is 6.20 Å². The van der Waals surface area contributed by atoms with Gasteiger partial charge in [-0.2, -0.15) is 0 Å². The molecular weight excluding hydrogens is 342 g/mol. The van der Waals surface area contributed by atoms with Gasteiger partial charge in [0, 0.05) is 54.2 Å². The van der Waals surface area contributed by atoms with E-state index < -0.39 is 0 Å². The van der Waals surface area contributed by atoms with Crippen molar-refractivity contribution in [2.45, 2.75) is 33.1 Å². The number of aliphatic imine (C=N–C) groups is 1. The molecule has 0 unspecified atom stereocenters. The number of aromatic nitrogens is 2. The van der Waals surface area contributed by atoms with Crippen molar-refractivity contribution in [2.75, 3.05) is 19.6 Å². The topological polar surface area (TPSA) is 65.1 Å². The Hall–Kier alpha value is -2.34. The fourth-order valence-electron chi connectivity index (χ4n) is 2.89. The first-order valence-electron chi connectivity index (χ1n) is 9.31. The van der Waals surface area contributed by atoms with E-state index in [1.165, 1.54) is 26.4 Å². The number of aryl methyl sites for hydroxylation is 1. The molecule has 0 bridgehead atoms. The van der Waals surface area contributed by atoms with E-state index in [1.54, 1.807) is 11.3 Å². The van der Waals surface area contributed by atoms with Crippen molar-refractivity contribution < 1.29 is 0 Å². The highest BCUT2D eigenvalue weighted by atomic mass is 32.1. The monoisotopic (exact) mass is 369 g/mol. The predicted molar refractivity (Wildman–Crippen MR) is 111 cm³/mol. The third-order valence-electron chi connectivity index (χ3n) is 4.25. The molecule has 1 aromatic carbocycles. The van der Waals surface area contributed by atoms with Crippen molar-refractivity contribution in [3.05, 3.63) is 52.1 Å². The summed E-state index contributed by atoms with van der Waals surface area (Å²) in [5.74, 6) is 0.875. The first-order valence-corrected chi connectivity index (χ1v) is 10.1. The summed E-state index contributed by atoms with van der Waals surface area (Å²) >= 11 is 1.79. The fourth-order valence-corrected chi connectivity index (χ4v) is 3.74. The number of hydrogen-bond acceptors (Lipinski definition) is 3. The molecule has 2 heterocycles. The van der Waals surface area contributed by atoms with E-state index in [9.17, 15) is 0 Å². The molecule has 2 aromatic heterocycles. The standard InChI is InChI=1S/C20H27N5S/c1-3-16-14-25-19(26-16)10-12-23-20(21-4-2)22-11-9-15-13-24-18-8-6-5-7-17(15)18/h5-8,13-14,24H,3-4,9-12H2,1-2H3,(H2,21,22,23). The Morgan fingerprint density at radius 1 is 1.19 bits per heavy atom. The Bertz CT molecular complexity index is 849. The lowest BCUT2D eigenvalue weighted by Crippen LogP contribution is -2.38. The van der Waals surface area contributed by atoms with Crippen molar-refractivity contribution in [2.24, 2.45) is 4.99 Å². The van der Waals surface area contributed by atoms with Gasteiger partial charge in [-0.25, -0.2) is 4.98 Å². The Kier molecular flexibility index (Phi) is 6.66. The van der Waals surface area contributed by atoms with Gasteiger partial charge in [-0.1, -0.05) is 25.1 Å². The van der Waals surface area contributed by atoms with Crippen LogP contribution in [0.4, 0.5) is 0 Å². The van der Waals surface area contributed by atoms with Crippen LogP contribution in [-0.4, -0.2) is 35.6 Å². The molecule has 5 nitrogen and oxygen atoms in total. The molecule has 0 radical (unpaired) electrons. The Morgan fingerprint density at radius 2 is 2.08 bits per heavy atom. The van der Waals surface area contributed by atoms with Gasteiger partial charge < -0.3 is 15.6 Å². The van der Waals surface area contributed by atoms with Crippen molar-refractivity contribution >= 4 is 28.2 Å². The van der Waals surface area contributed by atoms with Crippen LogP contribution in [0, 0.1) is 0 Å². The zero-order valence-corrected chi connectivity index (χ0v) is 16.3. The number of hydrogen-bond donors (Lipinski definition) is 3. The first kappa shape index (κ1) is 18.5. The Balaban J connectivity index is 1.51. The van der Waals surface area contributed by atoms with Crippen LogP contribution >= 0.6 is 11.3 Å². The number of guanidine groups is 1. The van der Waals surface area contributed by atoms with Crippen LogP contribution in [0.3, 0.4) is 0 Å². The SMILES string of the molecule is CCNC(=NCCc1ncc(CC)s1)NCCc1c[nH]c2ccccc12. The molecule has 0 fully saturated rings. The normalized spacial score (nSPS) is 11.8. The second-order valence-corrected chi connectivity index (χ2v) is 7.32. The molecule has 0 atom stereocenters. The van der Waals surface area contributed by atoms with E-state index in [0.717, 1.165) is 44.9 Å². The number of thiazole rings is 1. The summed E-state index contributed by atoms with van der Waals surface area (Å²) in [5.41, 5.74) is 2.52. The fraction of sp³-hybridized carbons (Fsp3) is 0.400. The van der Waals surface area contributed by atoms with Crippen LogP contribution in [0.15, 0.2) is 41.7 Å². The molecule has 3 N–H and O–H groups in total. The van der Waals surface area contributed by atoms with Gasteiger partial charge in [-0.15, -0.1) is 11.3 Å². The molecule has 0 amide bonds. The van der Waals surface area contributed by atoms with Gasteiger partial charge in [-0.3, -0.25) is 4.99 Å². The van der Waals surface area contributed by atoms with Gasteiger partial charge in [0.05, 0.1) is 5.01 Å². The van der Waals surface area contributed by atoms with E-state index in [-0.39, 0.29) is 0 Å². The number of aromatic amines is 1. The van der Waals surface area contributed by atoms with Gasteiger partial charge in [0.1, 0.15) is 0 Å². The van der Waals surface area contributed by atoms with Crippen molar-refractivity contribution in [1.82, 2.24) is 20.6 Å². The Labute approximate surface area is 159 Å². The number of nitrogens with one attached hydrogen (secondary N) is 3. The minimum absolute atomic E-state index is 0.749. The molecule has 0 aliphatic rings. The number of rotatable bonds is 8. The first-order chi connectivity index (χ1) is 12.8. The van der Waals surface area contributed by atoms with Crippen LogP contribution in [0.5, 0.6) is 0 Å². The summed E-state index contributed by atoms with van der Waals surface area (Å²) < 4.78 is 0. The molecule has 26 heavy (non-hydrogen) atoms. The maximum Gasteiger partial charge on any atom is 0.191 e. The van der Waals surface area contributed by atoms with Gasteiger partial charge in [0.25, 0.3) is 0 Å². The summed E-state index contributed by atoms with van der Waals surface area (Å²) in [5, 5.41) is 9.22. The molecule has 0 saturated heterocycles. The molecule has 0 saturated carbocycles. The highest BCUT2D eigenvalue weighted by molar-refractivity contribution is 7.11. The lowest BCUT2D eigenvalue weighted by atomic mass is 10.1. The molecule has 0 aliphatic heterocycles. The Morgan fingerprint density at radius 3 is 2.88 bits per heavy atom. The zero-order chi connectivity index (χ0) is 18.2. The van der Waals surface area contributed by atoms with Gasteiger partial charge in [0.15, 0.2) is 5.96 Å². The second-order valence-electron chi connectivity index (χ2n) is 6.12. The van der Waals surface area contributed by atoms with Gasteiger partial charge in [-0.05, 0) is 31.4 Å². The quantitative estimate of drug-likeness (QED) is 0.420. The minimum atomic E-state index is 0.749. The highest BCUT2D eigenvalue weighted by Crippen LogP contribution is 2.17. The van der Waals surface area contributed by atoms with Gasteiger partial charge in [0.2, 0.25) is 0 Å². The number of nitrogens with zero attached hydrogens (tertiary/aromatic N) is 2. The highest BCUT2D eigenvalue weighted by Gasteiger charge is 2.04. The summed E-state index contributed by atoms with van der Waals surface area (Å²) in [6.07, 6.45) is 6.99. The van der Waals surface area contributed by atoms with Crippen LogP contribution in [-0.2, 0) is 19.3 Å². The number of H-pyrrole nitrogens is 1. The second kappa shape index (κ2) is 9.38. The number of fused-ring (bicyclic) bond motifs is 1. The summed E-state index contributed by atoms with van der Waals surface area (Å²) in [4.78, 5) is 13.8. The summed E-state index contributed by atoms with van der Waals surface area (Å²) in [7, 11) is 0. The minimum Gasteiger partial charge on any atom is -0.361 e. The lowest BCUT2D eigenvalue weighted by molar-refractivity contribution is 0.798. The molecule has 6 heteroatoms. The predicted octanol–water partition coefficient (Wildman–Crippen LogP) is 3.53. The van der Waals surface area contributed by atoms with E-state index in [4.69, 9.17) is 0 Å². The average Bonchev–Trinajstić information content (AvgIpc) is 3.29. The van der Waals surface area contributed by atoms with E-state index in [2.05, 4.69) is 69.9 Å². The third kappa shape index (κ3) is 4.85. The van der Waals surface area contributed by atoms with Crippen LogP contribution < -0.4 is 10.6 Å². The van der Waals surface area contributed by atoms with Crippen LogP contribution in [0.2, 0.25) is 0 Å². The molecule has 3 rings (SSSR count). The summed E-state index contributed by atoms with van der Waals surface area (Å²) in [6, 6.07) is 8.42. The smallest absolute Gasteiger partial charge is 0.191 e. The van der Waals surface area contributed by atoms with Crippen molar-refractivity contribution in [3.8, 4) is 0 Å². The van der Waals surface area contributed by atoms with E-state index in [0.29, 0.717) is 0 Å². The molecule has 138 valence electrons.